The first-order chi connectivity index (χ1) is 20.3. The molecule has 2 aromatic carbocycles. The number of nitrogens with one attached hydrogen (secondary N) is 1. The van der Waals surface area contributed by atoms with Crippen molar-refractivity contribution in [3.63, 3.8) is 0 Å². The van der Waals surface area contributed by atoms with Crippen molar-refractivity contribution in [2.24, 2.45) is 23.2 Å². The summed E-state index contributed by atoms with van der Waals surface area (Å²) in [5, 5.41) is 2.43. The number of nitrogens with zero attached hydrogens (tertiary/aromatic N) is 1. The molecule has 2 saturated heterocycles. The minimum absolute atomic E-state index is 0.0345. The van der Waals surface area contributed by atoms with Gasteiger partial charge in [0.05, 0.1) is 34.8 Å². The lowest BCUT2D eigenvalue weighted by molar-refractivity contribution is -0.200. The van der Waals surface area contributed by atoms with Gasteiger partial charge in [0.1, 0.15) is 4.90 Å². The first-order valence-electron chi connectivity index (χ1n) is 15.5. The Balaban J connectivity index is 1.26. The van der Waals surface area contributed by atoms with E-state index in [1.54, 1.807) is 6.07 Å². The smallest absolute Gasteiger partial charge is 0.404 e. The van der Waals surface area contributed by atoms with Gasteiger partial charge in [-0.1, -0.05) is 81.2 Å². The number of sulfonamides is 1. The average molecular weight is 649 g/mol. The Morgan fingerprint density at radius 3 is 2.51 bits per heavy atom. The number of hydrogen-bond donors (Lipinski definition) is 1. The summed E-state index contributed by atoms with van der Waals surface area (Å²) in [6.45, 7) is 11.5. The Kier molecular flexibility index (Phi) is 8.79. The van der Waals surface area contributed by atoms with E-state index in [4.69, 9.17) is 37.3 Å². The molecule has 1 N–H and O–H groups in total. The van der Waals surface area contributed by atoms with Crippen molar-refractivity contribution >= 4 is 40.3 Å². The lowest BCUT2D eigenvalue weighted by atomic mass is 9.43. The number of benzene rings is 2. The molecule has 0 radical (unpaired) electrons. The summed E-state index contributed by atoms with van der Waals surface area (Å²) in [6, 6.07) is 14.5. The van der Waals surface area contributed by atoms with Crippen molar-refractivity contribution < 1.29 is 22.6 Å². The molecule has 11 heteroatoms. The lowest BCUT2D eigenvalue weighted by Crippen LogP contribution is -2.65. The predicted molar refractivity (Wildman–Crippen MR) is 170 cm³/mol. The zero-order valence-corrected chi connectivity index (χ0v) is 28.0. The van der Waals surface area contributed by atoms with Crippen LogP contribution < -0.4 is 4.72 Å². The van der Waals surface area contributed by atoms with E-state index in [1.165, 1.54) is 24.1 Å². The van der Waals surface area contributed by atoms with Gasteiger partial charge >= 0.3 is 7.12 Å². The van der Waals surface area contributed by atoms with Crippen LogP contribution in [-0.4, -0.2) is 56.9 Å². The van der Waals surface area contributed by atoms with Crippen molar-refractivity contribution in [3.8, 4) is 0 Å². The molecule has 3 saturated carbocycles. The minimum Gasteiger partial charge on any atom is -0.404 e. The topological polar surface area (TPSA) is 77.1 Å². The summed E-state index contributed by atoms with van der Waals surface area (Å²) in [5.74, 6) is 1.24. The molecule has 3 aliphatic carbocycles. The van der Waals surface area contributed by atoms with Gasteiger partial charge in [0.25, 0.3) is 0 Å². The van der Waals surface area contributed by atoms with Crippen molar-refractivity contribution in [1.29, 1.82) is 0 Å². The Labute approximate surface area is 267 Å². The molecule has 2 unspecified atom stereocenters. The summed E-state index contributed by atoms with van der Waals surface area (Å²) in [4.78, 5) is 6.69. The normalized spacial score (nSPS) is 32.6. The molecule has 2 aromatic rings. The SMILES string of the molecule is CC(C)C[C@@H](B1O[C@@H]2C[C@@H]3C[C@@H](C3(C)C)[C@]2(C)O1)N1OC(Cc2ccccc2)CC1CNS(=O)(=O)c1cc(Cl)ccc1Cl. The van der Waals surface area contributed by atoms with Gasteiger partial charge in [-0.25, -0.2) is 13.1 Å². The minimum atomic E-state index is -3.92. The molecule has 7 atom stereocenters. The third-order valence-corrected chi connectivity index (χ3v) is 12.6. The van der Waals surface area contributed by atoms with E-state index in [9.17, 15) is 8.42 Å². The highest BCUT2D eigenvalue weighted by Crippen LogP contribution is 2.66. The van der Waals surface area contributed by atoms with Gasteiger partial charge in [-0.15, -0.1) is 0 Å². The predicted octanol–water partition coefficient (Wildman–Crippen LogP) is 6.57. The van der Waals surface area contributed by atoms with Crippen LogP contribution in [0.1, 0.15) is 65.9 Å². The molecule has 2 aliphatic heterocycles. The monoisotopic (exact) mass is 648 g/mol. The van der Waals surface area contributed by atoms with E-state index in [1.807, 2.05) is 23.3 Å². The highest BCUT2D eigenvalue weighted by molar-refractivity contribution is 7.89. The van der Waals surface area contributed by atoms with Gasteiger partial charge in [0, 0.05) is 18.0 Å². The standard InChI is InChI=1S/C32H43BCl2N2O5S/c1-20(2)13-30(33-40-29-16-22-15-28(31(22,3)4)32(29,5)42-33)37-24(18-25(41-37)14-21-9-7-6-8-10-21)19-36-43(38,39)27-17-23(34)11-12-26(27)35/h6-12,17,20,22,24-25,28-30,36H,13-16,18-19H2,1-5H3/t22-,24?,25?,28-,29+,30-,32-/m0/s1. The highest BCUT2D eigenvalue weighted by atomic mass is 35.5. The maximum absolute atomic E-state index is 13.4. The first-order valence-corrected chi connectivity index (χ1v) is 17.8. The molecule has 0 amide bonds. The van der Waals surface area contributed by atoms with Crippen molar-refractivity contribution in [3.05, 3.63) is 64.1 Å². The maximum Gasteiger partial charge on any atom is 0.478 e. The zero-order valence-electron chi connectivity index (χ0n) is 25.6. The van der Waals surface area contributed by atoms with Gasteiger partial charge in [-0.05, 0) is 79.5 Å². The second-order valence-corrected chi connectivity index (χ2v) is 16.7. The molecular weight excluding hydrogens is 606 g/mol. The third kappa shape index (κ3) is 6.06. The Bertz CT molecular complexity index is 1430. The van der Waals surface area contributed by atoms with Crippen molar-refractivity contribution in [2.45, 2.75) is 101 Å². The van der Waals surface area contributed by atoms with Crippen LogP contribution in [0.2, 0.25) is 10.0 Å². The Morgan fingerprint density at radius 2 is 1.81 bits per heavy atom. The lowest BCUT2D eigenvalue weighted by Gasteiger charge is -2.64. The number of hydrogen-bond acceptors (Lipinski definition) is 6. The quantitative estimate of drug-likeness (QED) is 0.294. The van der Waals surface area contributed by atoms with Crippen molar-refractivity contribution in [1.82, 2.24) is 9.79 Å². The fourth-order valence-corrected chi connectivity index (χ4v) is 9.91. The van der Waals surface area contributed by atoms with Crippen LogP contribution >= 0.6 is 23.2 Å². The van der Waals surface area contributed by atoms with Gasteiger partial charge < -0.3 is 9.31 Å². The molecule has 7 nitrogen and oxygen atoms in total. The second-order valence-electron chi connectivity index (χ2n) is 14.1. The Hall–Kier alpha value is -1.17. The molecule has 7 rings (SSSR count). The van der Waals surface area contributed by atoms with E-state index in [0.29, 0.717) is 29.2 Å². The van der Waals surface area contributed by atoms with E-state index >= 15 is 0 Å². The molecule has 234 valence electrons. The number of hydroxylamine groups is 2. The summed E-state index contributed by atoms with van der Waals surface area (Å²) < 4.78 is 43.3. The van der Waals surface area contributed by atoms with E-state index < -0.39 is 17.1 Å². The first kappa shape index (κ1) is 31.8. The van der Waals surface area contributed by atoms with Crippen LogP contribution in [0, 0.1) is 23.2 Å². The second kappa shape index (κ2) is 11.9. The van der Waals surface area contributed by atoms with Crippen LogP contribution in [0.15, 0.2) is 53.4 Å². The molecule has 0 aromatic heterocycles. The zero-order chi connectivity index (χ0) is 30.7. The summed E-state index contributed by atoms with van der Waals surface area (Å²) in [7, 11) is -4.39. The number of rotatable bonds is 10. The Morgan fingerprint density at radius 1 is 1.07 bits per heavy atom. The molecule has 2 bridgehead atoms. The van der Waals surface area contributed by atoms with Gasteiger partial charge in [0.2, 0.25) is 10.0 Å². The van der Waals surface area contributed by atoms with Gasteiger partial charge in [-0.2, -0.15) is 5.06 Å². The summed E-state index contributed by atoms with van der Waals surface area (Å²) in [5.41, 5.74) is 1.07. The molecule has 0 spiro atoms. The average Bonchev–Trinajstić information content (AvgIpc) is 3.52. The van der Waals surface area contributed by atoms with Crippen LogP contribution in [0.25, 0.3) is 0 Å². The van der Waals surface area contributed by atoms with Crippen molar-refractivity contribution in [2.75, 3.05) is 6.54 Å². The fraction of sp³-hybridized carbons (Fsp3) is 0.625. The van der Waals surface area contributed by atoms with Crippen LogP contribution in [0.3, 0.4) is 0 Å². The maximum atomic E-state index is 13.4. The van der Waals surface area contributed by atoms with Crippen LogP contribution in [0.4, 0.5) is 0 Å². The molecular formula is C32H43BCl2N2O5S. The fourth-order valence-electron chi connectivity index (χ4n) is 8.08. The van der Waals surface area contributed by atoms with Crippen LogP contribution in [0.5, 0.6) is 0 Å². The summed E-state index contributed by atoms with van der Waals surface area (Å²) >= 11 is 12.4. The molecule has 5 aliphatic rings. The largest absolute Gasteiger partial charge is 0.478 e. The van der Waals surface area contributed by atoms with E-state index in [2.05, 4.69) is 51.5 Å². The van der Waals surface area contributed by atoms with Crippen LogP contribution in [-0.2, 0) is 30.6 Å². The highest BCUT2D eigenvalue weighted by Gasteiger charge is 2.69. The molecule has 2 heterocycles. The molecule has 43 heavy (non-hydrogen) atoms. The number of halogens is 2. The molecule has 5 fully saturated rings. The third-order valence-electron chi connectivity index (χ3n) is 10.5. The summed E-state index contributed by atoms with van der Waals surface area (Å²) in [6.07, 6.45) is 4.28. The van der Waals surface area contributed by atoms with Gasteiger partial charge in [0.15, 0.2) is 0 Å². The van der Waals surface area contributed by atoms with E-state index in [-0.39, 0.29) is 51.7 Å². The van der Waals surface area contributed by atoms with Gasteiger partial charge in [-0.3, -0.25) is 4.84 Å². The van der Waals surface area contributed by atoms with E-state index in [0.717, 1.165) is 19.3 Å².